The van der Waals surface area contributed by atoms with Crippen molar-refractivity contribution in [1.29, 1.82) is 5.26 Å². The van der Waals surface area contributed by atoms with Crippen molar-refractivity contribution >= 4 is 15.9 Å². The molecular weight excluding hydrogens is 246 g/mol. The van der Waals surface area contributed by atoms with E-state index in [1.165, 1.54) is 0 Å². The maximum Gasteiger partial charge on any atom is 0.176 e. The molecule has 0 aromatic carbocycles. The molecule has 0 amide bonds. The average Bonchev–Trinajstić information content (AvgIpc) is 2.61. The second kappa shape index (κ2) is 4.11. The average molecular weight is 256 g/mol. The Morgan fingerprint density at radius 1 is 1.64 bits per heavy atom. The number of hydrogen-bond acceptors (Lipinski definition) is 3. The number of aromatic nitrogens is 2. The van der Waals surface area contributed by atoms with E-state index in [-0.39, 0.29) is 6.23 Å². The van der Waals surface area contributed by atoms with Gasteiger partial charge in [-0.25, -0.2) is 4.68 Å². The second-order valence-corrected chi connectivity index (χ2v) is 4.09. The van der Waals surface area contributed by atoms with Crippen molar-refractivity contribution in [3.63, 3.8) is 0 Å². The van der Waals surface area contributed by atoms with Gasteiger partial charge in [-0.15, -0.1) is 0 Å². The summed E-state index contributed by atoms with van der Waals surface area (Å²) in [5.41, 5.74) is 0.416. The van der Waals surface area contributed by atoms with E-state index in [4.69, 9.17) is 10.00 Å². The third-order valence-electron chi connectivity index (χ3n) is 2.24. The summed E-state index contributed by atoms with van der Waals surface area (Å²) in [5, 5.41) is 12.9. The summed E-state index contributed by atoms with van der Waals surface area (Å²) in [5.74, 6) is 0. The normalized spacial score (nSPS) is 21.9. The zero-order valence-electron chi connectivity index (χ0n) is 7.61. The van der Waals surface area contributed by atoms with Gasteiger partial charge in [0.05, 0.1) is 4.47 Å². The second-order valence-electron chi connectivity index (χ2n) is 3.24. The molecule has 0 aliphatic carbocycles. The van der Waals surface area contributed by atoms with Gasteiger partial charge in [-0.05, 0) is 35.2 Å². The lowest BCUT2D eigenvalue weighted by molar-refractivity contribution is -0.0395. The molecule has 1 aromatic heterocycles. The van der Waals surface area contributed by atoms with Gasteiger partial charge >= 0.3 is 0 Å². The van der Waals surface area contributed by atoms with Crippen LogP contribution in [0.4, 0.5) is 0 Å². The van der Waals surface area contributed by atoms with Crippen molar-refractivity contribution in [3.05, 3.63) is 16.4 Å². The van der Waals surface area contributed by atoms with E-state index in [0.717, 1.165) is 30.3 Å². The Morgan fingerprint density at radius 3 is 3.07 bits per heavy atom. The molecule has 1 saturated heterocycles. The SMILES string of the molecule is N#Cc1nn(C2CCCCO2)cc1Br. The Labute approximate surface area is 90.6 Å². The first-order chi connectivity index (χ1) is 6.81. The summed E-state index contributed by atoms with van der Waals surface area (Å²) < 4.78 is 8.00. The summed E-state index contributed by atoms with van der Waals surface area (Å²) >= 11 is 3.28. The first kappa shape index (κ1) is 9.69. The van der Waals surface area contributed by atoms with Crippen LogP contribution in [0.1, 0.15) is 31.2 Å². The van der Waals surface area contributed by atoms with Gasteiger partial charge in [0, 0.05) is 12.8 Å². The summed E-state index contributed by atoms with van der Waals surface area (Å²) in [6, 6.07) is 2.02. The molecule has 0 saturated carbocycles. The van der Waals surface area contributed by atoms with E-state index in [2.05, 4.69) is 21.0 Å². The van der Waals surface area contributed by atoms with Crippen molar-refractivity contribution in [3.8, 4) is 6.07 Å². The smallest absolute Gasteiger partial charge is 0.176 e. The van der Waals surface area contributed by atoms with Gasteiger partial charge in [0.2, 0.25) is 0 Å². The zero-order valence-corrected chi connectivity index (χ0v) is 9.20. The first-order valence-electron chi connectivity index (χ1n) is 4.57. The van der Waals surface area contributed by atoms with E-state index < -0.39 is 0 Å². The molecular formula is C9H10BrN3O. The van der Waals surface area contributed by atoms with Crippen LogP contribution in [0.5, 0.6) is 0 Å². The molecule has 1 aliphatic heterocycles. The Kier molecular flexibility index (Phi) is 2.85. The van der Waals surface area contributed by atoms with Crippen molar-refractivity contribution < 1.29 is 4.74 Å². The van der Waals surface area contributed by atoms with E-state index >= 15 is 0 Å². The fraction of sp³-hybridized carbons (Fsp3) is 0.556. The first-order valence-corrected chi connectivity index (χ1v) is 5.37. The predicted molar refractivity (Wildman–Crippen MR) is 53.5 cm³/mol. The topological polar surface area (TPSA) is 50.8 Å². The molecule has 0 bridgehead atoms. The molecule has 2 rings (SSSR count). The van der Waals surface area contributed by atoms with Crippen LogP contribution in [0.2, 0.25) is 0 Å². The standard InChI is InChI=1S/C9H10BrN3O/c10-7-6-13(12-8(7)5-11)9-3-1-2-4-14-9/h6,9H,1-4H2. The van der Waals surface area contributed by atoms with E-state index in [1.54, 1.807) is 10.9 Å². The van der Waals surface area contributed by atoms with E-state index in [9.17, 15) is 0 Å². The molecule has 5 heteroatoms. The van der Waals surface area contributed by atoms with Gasteiger partial charge in [-0.3, -0.25) is 0 Å². The molecule has 0 N–H and O–H groups in total. The minimum absolute atomic E-state index is 0.00199. The van der Waals surface area contributed by atoms with E-state index in [1.807, 2.05) is 6.07 Å². The van der Waals surface area contributed by atoms with Crippen LogP contribution in [0, 0.1) is 11.3 Å². The third-order valence-corrected chi connectivity index (χ3v) is 2.82. The Morgan fingerprint density at radius 2 is 2.50 bits per heavy atom. The molecule has 0 radical (unpaired) electrons. The van der Waals surface area contributed by atoms with Crippen molar-refractivity contribution in [2.24, 2.45) is 0 Å². The van der Waals surface area contributed by atoms with Gasteiger partial charge in [0.15, 0.2) is 5.69 Å². The highest BCUT2D eigenvalue weighted by Crippen LogP contribution is 2.24. The summed E-state index contributed by atoms with van der Waals surface area (Å²) in [6.07, 6.45) is 5.05. The number of ether oxygens (including phenoxy) is 1. The van der Waals surface area contributed by atoms with Crippen LogP contribution in [0.15, 0.2) is 10.7 Å². The minimum Gasteiger partial charge on any atom is -0.357 e. The van der Waals surface area contributed by atoms with Gasteiger partial charge < -0.3 is 4.74 Å². The lowest BCUT2D eigenvalue weighted by Crippen LogP contribution is -2.18. The highest BCUT2D eigenvalue weighted by atomic mass is 79.9. The lowest BCUT2D eigenvalue weighted by atomic mass is 10.2. The van der Waals surface area contributed by atoms with Crippen molar-refractivity contribution in [1.82, 2.24) is 9.78 Å². The number of hydrogen-bond donors (Lipinski definition) is 0. The predicted octanol–water partition coefficient (Wildman–Crippen LogP) is 2.22. The molecule has 4 nitrogen and oxygen atoms in total. The lowest BCUT2D eigenvalue weighted by Gasteiger charge is -2.22. The summed E-state index contributed by atoms with van der Waals surface area (Å²) in [7, 11) is 0. The minimum atomic E-state index is 0.00199. The van der Waals surface area contributed by atoms with Crippen molar-refractivity contribution in [2.45, 2.75) is 25.5 Å². The number of nitriles is 1. The van der Waals surface area contributed by atoms with Crippen LogP contribution >= 0.6 is 15.9 Å². The van der Waals surface area contributed by atoms with Crippen LogP contribution in [0.3, 0.4) is 0 Å². The van der Waals surface area contributed by atoms with Gasteiger partial charge in [-0.1, -0.05) is 0 Å². The molecule has 1 atom stereocenters. The highest BCUT2D eigenvalue weighted by molar-refractivity contribution is 9.10. The molecule has 14 heavy (non-hydrogen) atoms. The molecule has 1 aromatic rings. The third kappa shape index (κ3) is 1.81. The fourth-order valence-electron chi connectivity index (χ4n) is 1.53. The van der Waals surface area contributed by atoms with Gasteiger partial charge in [-0.2, -0.15) is 10.4 Å². The molecule has 2 heterocycles. The molecule has 1 unspecified atom stereocenters. The Balaban J connectivity index is 2.19. The maximum absolute atomic E-state index is 8.73. The molecule has 1 fully saturated rings. The fourth-order valence-corrected chi connectivity index (χ4v) is 1.90. The molecule has 0 spiro atoms. The van der Waals surface area contributed by atoms with Crippen LogP contribution < -0.4 is 0 Å². The van der Waals surface area contributed by atoms with Gasteiger partial charge in [0.1, 0.15) is 12.3 Å². The summed E-state index contributed by atoms with van der Waals surface area (Å²) in [6.45, 7) is 0.782. The van der Waals surface area contributed by atoms with Crippen LogP contribution in [0.25, 0.3) is 0 Å². The summed E-state index contributed by atoms with van der Waals surface area (Å²) in [4.78, 5) is 0. The molecule has 1 aliphatic rings. The van der Waals surface area contributed by atoms with Crippen LogP contribution in [-0.4, -0.2) is 16.4 Å². The number of rotatable bonds is 1. The van der Waals surface area contributed by atoms with Crippen LogP contribution in [-0.2, 0) is 4.74 Å². The van der Waals surface area contributed by atoms with Crippen molar-refractivity contribution in [2.75, 3.05) is 6.61 Å². The number of nitrogens with zero attached hydrogens (tertiary/aromatic N) is 3. The zero-order chi connectivity index (χ0) is 9.97. The Bertz CT molecular complexity index is 363. The number of halogens is 1. The van der Waals surface area contributed by atoms with Gasteiger partial charge in [0.25, 0.3) is 0 Å². The monoisotopic (exact) mass is 255 g/mol. The Hall–Kier alpha value is -0.860. The maximum atomic E-state index is 8.73. The highest BCUT2D eigenvalue weighted by Gasteiger charge is 2.18. The largest absolute Gasteiger partial charge is 0.357 e. The quantitative estimate of drug-likeness (QED) is 0.774. The van der Waals surface area contributed by atoms with E-state index in [0.29, 0.717) is 5.69 Å². The molecule has 74 valence electrons.